The maximum absolute atomic E-state index is 13.0. The van der Waals surface area contributed by atoms with Crippen LogP contribution in [-0.4, -0.2) is 12.3 Å². The van der Waals surface area contributed by atoms with E-state index in [9.17, 15) is 26.3 Å². The summed E-state index contributed by atoms with van der Waals surface area (Å²) in [7, 11) is 0. The molecule has 1 rings (SSSR count). The van der Waals surface area contributed by atoms with Crippen LogP contribution in [0.4, 0.5) is 26.3 Å². The van der Waals surface area contributed by atoms with Crippen molar-refractivity contribution in [1.29, 1.82) is 0 Å². The van der Waals surface area contributed by atoms with Gasteiger partial charge in [0.1, 0.15) is 4.83 Å². The third-order valence-electron chi connectivity index (χ3n) is 1.94. The first-order valence-corrected chi connectivity index (χ1v) is 5.41. The summed E-state index contributed by atoms with van der Waals surface area (Å²) >= 11 is 7.71. The predicted molar refractivity (Wildman–Crippen MR) is 54.0 cm³/mol. The first kappa shape index (κ1) is 14.6. The summed E-state index contributed by atoms with van der Waals surface area (Å²) < 4.78 is 75.6. The molecule has 1 unspecified atom stereocenters. The first-order chi connectivity index (χ1) is 7.67. The molecule has 8 heteroatoms. The molecule has 17 heavy (non-hydrogen) atoms. The first-order valence-electron chi connectivity index (χ1n) is 4.12. The molecule has 0 bridgehead atoms. The molecular weight excluding hydrogens is 337 g/mol. The summed E-state index contributed by atoms with van der Waals surface area (Å²) in [5.41, 5.74) is -0.643. The minimum absolute atomic E-state index is 0.355. The second-order valence-electron chi connectivity index (χ2n) is 3.13. The van der Waals surface area contributed by atoms with E-state index >= 15 is 0 Å². The van der Waals surface area contributed by atoms with Crippen molar-refractivity contribution in [2.75, 3.05) is 0 Å². The van der Waals surface area contributed by atoms with Gasteiger partial charge in [-0.25, -0.2) is 17.6 Å². The lowest BCUT2D eigenvalue weighted by Gasteiger charge is -2.22. The van der Waals surface area contributed by atoms with Gasteiger partial charge in [-0.3, -0.25) is 0 Å². The molecule has 0 aliphatic rings. The van der Waals surface area contributed by atoms with E-state index in [0.29, 0.717) is 12.1 Å². The van der Waals surface area contributed by atoms with Crippen LogP contribution < -0.4 is 0 Å². The Morgan fingerprint density at radius 1 is 1.12 bits per heavy atom. The van der Waals surface area contributed by atoms with Crippen LogP contribution in [0.3, 0.4) is 0 Å². The second kappa shape index (κ2) is 5.06. The van der Waals surface area contributed by atoms with Gasteiger partial charge in [-0.1, -0.05) is 27.5 Å². The van der Waals surface area contributed by atoms with Crippen LogP contribution in [0.15, 0.2) is 12.1 Å². The van der Waals surface area contributed by atoms with E-state index in [1.807, 2.05) is 0 Å². The number of hydrogen-bond donors (Lipinski definition) is 0. The molecule has 96 valence electrons. The fourth-order valence-electron chi connectivity index (χ4n) is 1.05. The van der Waals surface area contributed by atoms with Crippen LogP contribution in [0, 0.1) is 11.6 Å². The summed E-state index contributed by atoms with van der Waals surface area (Å²) in [6, 6.07) is 0.801. The molecule has 1 aromatic carbocycles. The zero-order chi connectivity index (χ0) is 13.4. The van der Waals surface area contributed by atoms with Gasteiger partial charge in [0.15, 0.2) is 11.6 Å². The Morgan fingerprint density at radius 2 is 1.59 bits per heavy atom. The molecular formula is C9H4BrClF6. The Bertz CT molecular complexity index is 422. The highest BCUT2D eigenvalue weighted by molar-refractivity contribution is 9.09. The highest BCUT2D eigenvalue weighted by Gasteiger charge is 2.49. The maximum Gasteiger partial charge on any atom is 0.323 e. The molecule has 0 aliphatic heterocycles. The minimum atomic E-state index is -4.45. The van der Waals surface area contributed by atoms with Crippen molar-refractivity contribution < 1.29 is 26.3 Å². The van der Waals surface area contributed by atoms with Gasteiger partial charge in [-0.2, -0.15) is 8.78 Å². The lowest BCUT2D eigenvalue weighted by molar-refractivity contribution is -0.127. The van der Waals surface area contributed by atoms with Crippen LogP contribution in [0.1, 0.15) is 10.4 Å². The molecule has 0 saturated carbocycles. The van der Waals surface area contributed by atoms with Gasteiger partial charge in [0.05, 0.1) is 0 Å². The maximum atomic E-state index is 13.0. The molecule has 0 fully saturated rings. The third kappa shape index (κ3) is 2.88. The molecule has 0 spiro atoms. The van der Waals surface area contributed by atoms with Crippen LogP contribution in [-0.2, 0) is 0 Å². The van der Waals surface area contributed by atoms with Crippen LogP contribution in [0.5, 0.6) is 0 Å². The van der Waals surface area contributed by atoms with E-state index in [-0.39, 0.29) is 0 Å². The van der Waals surface area contributed by atoms with Gasteiger partial charge in [0.2, 0.25) is 0 Å². The normalized spacial score (nSPS) is 14.2. The van der Waals surface area contributed by atoms with Crippen molar-refractivity contribution in [1.82, 2.24) is 0 Å². The molecule has 1 aromatic rings. The number of alkyl halides is 5. The van der Waals surface area contributed by atoms with Gasteiger partial charge in [-0.15, -0.1) is 0 Å². The molecule has 0 heterocycles. The van der Waals surface area contributed by atoms with Crippen molar-refractivity contribution in [3.8, 4) is 0 Å². The van der Waals surface area contributed by atoms with Gasteiger partial charge in [0.25, 0.3) is 0 Å². The van der Waals surface area contributed by atoms with Crippen LogP contribution in [0.25, 0.3) is 0 Å². The van der Waals surface area contributed by atoms with Crippen LogP contribution >= 0.6 is 27.5 Å². The molecule has 1 atom stereocenters. The lowest BCUT2D eigenvalue weighted by Crippen LogP contribution is -2.31. The standard InChI is InChI=1S/C9H4BrClF6/c10-7(9(16,17)8(14)15)3-1-5(12)6(13)2-4(3)11/h1-2,7-8H. The summed E-state index contributed by atoms with van der Waals surface area (Å²) in [5, 5.41) is -0.564. The van der Waals surface area contributed by atoms with Crippen LogP contribution in [0.2, 0.25) is 5.02 Å². The SMILES string of the molecule is Fc1cc(Cl)c(C(Br)C(F)(F)C(F)F)cc1F. The van der Waals surface area contributed by atoms with Crippen molar-refractivity contribution in [3.63, 3.8) is 0 Å². The molecule has 0 nitrogen and oxygen atoms in total. The third-order valence-corrected chi connectivity index (χ3v) is 3.37. The second-order valence-corrected chi connectivity index (χ2v) is 4.45. The van der Waals surface area contributed by atoms with Gasteiger partial charge < -0.3 is 0 Å². The number of benzene rings is 1. The van der Waals surface area contributed by atoms with Gasteiger partial charge >= 0.3 is 12.3 Å². The molecule has 0 aromatic heterocycles. The average Bonchev–Trinajstić information content (AvgIpc) is 2.22. The summed E-state index contributed by atoms with van der Waals surface area (Å²) in [6.45, 7) is 0. The number of halogens is 8. The minimum Gasteiger partial charge on any atom is -0.204 e. The van der Waals surface area contributed by atoms with Crippen molar-refractivity contribution in [2.24, 2.45) is 0 Å². The Morgan fingerprint density at radius 3 is 2.06 bits per heavy atom. The zero-order valence-corrected chi connectivity index (χ0v) is 10.2. The van der Waals surface area contributed by atoms with E-state index < -0.39 is 39.4 Å². The van der Waals surface area contributed by atoms with Gasteiger partial charge in [0, 0.05) is 5.02 Å². The Labute approximate surface area is 106 Å². The molecule has 0 amide bonds. The van der Waals surface area contributed by atoms with E-state index in [4.69, 9.17) is 11.6 Å². The van der Waals surface area contributed by atoms with Gasteiger partial charge in [-0.05, 0) is 17.7 Å². The molecule has 0 saturated heterocycles. The topological polar surface area (TPSA) is 0 Å². The zero-order valence-electron chi connectivity index (χ0n) is 7.83. The Hall–Kier alpha value is -0.430. The highest BCUT2D eigenvalue weighted by Crippen LogP contribution is 2.45. The van der Waals surface area contributed by atoms with E-state index in [1.54, 1.807) is 0 Å². The quantitative estimate of drug-likeness (QED) is 0.414. The monoisotopic (exact) mass is 340 g/mol. The number of rotatable bonds is 3. The van der Waals surface area contributed by atoms with Crippen molar-refractivity contribution in [2.45, 2.75) is 17.2 Å². The summed E-state index contributed by atoms with van der Waals surface area (Å²) in [4.78, 5) is -2.21. The Kier molecular flexibility index (Phi) is 4.35. The lowest BCUT2D eigenvalue weighted by atomic mass is 10.1. The van der Waals surface area contributed by atoms with Crippen molar-refractivity contribution >= 4 is 27.5 Å². The van der Waals surface area contributed by atoms with E-state index in [1.165, 1.54) is 0 Å². The molecule has 0 N–H and O–H groups in total. The largest absolute Gasteiger partial charge is 0.323 e. The average molecular weight is 341 g/mol. The molecule has 0 radical (unpaired) electrons. The fourth-order valence-corrected chi connectivity index (χ4v) is 2.02. The van der Waals surface area contributed by atoms with E-state index in [0.717, 1.165) is 0 Å². The molecule has 0 aliphatic carbocycles. The highest BCUT2D eigenvalue weighted by atomic mass is 79.9. The number of hydrogen-bond acceptors (Lipinski definition) is 0. The fraction of sp³-hybridized carbons (Fsp3) is 0.333. The summed E-state index contributed by atoms with van der Waals surface area (Å²) in [5.74, 6) is -7.24. The Balaban J connectivity index is 3.21. The summed E-state index contributed by atoms with van der Waals surface area (Å²) in [6.07, 6.45) is -3.96. The van der Waals surface area contributed by atoms with E-state index in [2.05, 4.69) is 15.9 Å². The van der Waals surface area contributed by atoms with Crippen molar-refractivity contribution in [3.05, 3.63) is 34.4 Å². The smallest absolute Gasteiger partial charge is 0.204 e. The predicted octanol–water partition coefficient (Wildman–Crippen LogP) is 4.95.